The van der Waals surface area contributed by atoms with Crippen molar-refractivity contribution in [2.24, 2.45) is 5.73 Å². The van der Waals surface area contributed by atoms with Gasteiger partial charge in [-0.05, 0) is 12.1 Å². The maximum Gasteiger partial charge on any atom is 0.264 e. The zero-order valence-electron chi connectivity index (χ0n) is 11.3. The van der Waals surface area contributed by atoms with Gasteiger partial charge in [0.05, 0.1) is 22.9 Å². The number of aliphatic hydroxyl groups is 1. The molecular formula is C14H19N3O2S. The van der Waals surface area contributed by atoms with Gasteiger partial charge in [-0.3, -0.25) is 9.69 Å². The van der Waals surface area contributed by atoms with Crippen molar-refractivity contribution in [1.29, 1.82) is 0 Å². The Morgan fingerprint density at radius 1 is 1.35 bits per heavy atom. The number of β-amino-alcohol motifs (C(OH)–C–C–N with tert-alkyl or cyclic N) is 1. The Morgan fingerprint density at radius 3 is 2.75 bits per heavy atom. The summed E-state index contributed by atoms with van der Waals surface area (Å²) in [5, 5.41) is 8.90. The lowest BCUT2D eigenvalue weighted by Gasteiger charge is -2.34. The molecule has 1 aliphatic heterocycles. The van der Waals surface area contributed by atoms with Crippen LogP contribution >= 0.6 is 11.3 Å². The Labute approximate surface area is 123 Å². The van der Waals surface area contributed by atoms with Crippen LogP contribution in [0.25, 0.3) is 0 Å². The summed E-state index contributed by atoms with van der Waals surface area (Å²) in [6.07, 6.45) is 0. The van der Waals surface area contributed by atoms with E-state index in [1.165, 1.54) is 11.3 Å². The van der Waals surface area contributed by atoms with Crippen LogP contribution in [-0.4, -0.2) is 66.7 Å². The van der Waals surface area contributed by atoms with Crippen LogP contribution in [0.3, 0.4) is 0 Å². The van der Waals surface area contributed by atoms with E-state index in [4.69, 9.17) is 10.8 Å². The molecule has 0 atom stereocenters. The molecule has 1 aromatic heterocycles. The molecule has 1 amide bonds. The van der Waals surface area contributed by atoms with Crippen molar-refractivity contribution in [3.63, 3.8) is 0 Å². The molecule has 1 aliphatic rings. The van der Waals surface area contributed by atoms with E-state index in [0.29, 0.717) is 26.2 Å². The number of thiophene rings is 1. The number of aliphatic hydroxyl groups excluding tert-OH is 1. The Hall–Kier alpha value is -1.39. The Kier molecular flexibility index (Phi) is 5.56. The summed E-state index contributed by atoms with van der Waals surface area (Å²) >= 11 is 1.41. The van der Waals surface area contributed by atoms with E-state index in [0.717, 1.165) is 22.8 Å². The summed E-state index contributed by atoms with van der Waals surface area (Å²) in [4.78, 5) is 18.0. The van der Waals surface area contributed by atoms with Crippen LogP contribution in [-0.2, 0) is 0 Å². The van der Waals surface area contributed by atoms with Crippen LogP contribution in [0.1, 0.15) is 14.5 Å². The van der Waals surface area contributed by atoms with Gasteiger partial charge in [0.1, 0.15) is 0 Å². The molecule has 2 heterocycles. The first-order valence-corrected chi connectivity index (χ1v) is 7.47. The number of nitrogens with two attached hydrogens (primary N) is 1. The van der Waals surface area contributed by atoms with Crippen LogP contribution in [0.15, 0.2) is 12.1 Å². The molecule has 6 heteroatoms. The van der Waals surface area contributed by atoms with Crippen molar-refractivity contribution in [2.75, 3.05) is 45.9 Å². The monoisotopic (exact) mass is 293 g/mol. The van der Waals surface area contributed by atoms with Crippen LogP contribution < -0.4 is 5.73 Å². The third-order valence-electron chi connectivity index (χ3n) is 3.21. The van der Waals surface area contributed by atoms with E-state index < -0.39 is 0 Å². The number of piperazine rings is 1. The van der Waals surface area contributed by atoms with E-state index in [1.807, 2.05) is 17.0 Å². The van der Waals surface area contributed by atoms with Crippen molar-refractivity contribution in [2.45, 2.75) is 0 Å². The summed E-state index contributed by atoms with van der Waals surface area (Å²) in [6, 6.07) is 3.69. The number of amides is 1. The fourth-order valence-electron chi connectivity index (χ4n) is 2.13. The number of hydrogen-bond acceptors (Lipinski definition) is 5. The number of nitrogens with zero attached hydrogens (tertiary/aromatic N) is 2. The summed E-state index contributed by atoms with van der Waals surface area (Å²) in [5.41, 5.74) is 5.33. The SMILES string of the molecule is NCC#Cc1ccc(C(=O)N2CCN(CCO)CC2)s1. The first kappa shape index (κ1) is 15.0. The quantitative estimate of drug-likeness (QED) is 0.758. The van der Waals surface area contributed by atoms with Gasteiger partial charge < -0.3 is 15.7 Å². The maximum absolute atomic E-state index is 12.3. The highest BCUT2D eigenvalue weighted by molar-refractivity contribution is 7.14. The minimum Gasteiger partial charge on any atom is -0.395 e. The Bertz CT molecular complexity index is 510. The molecule has 0 spiro atoms. The third kappa shape index (κ3) is 3.81. The second kappa shape index (κ2) is 7.41. The number of hydrogen-bond donors (Lipinski definition) is 2. The van der Waals surface area contributed by atoms with E-state index in [2.05, 4.69) is 16.7 Å². The predicted molar refractivity (Wildman–Crippen MR) is 79.7 cm³/mol. The maximum atomic E-state index is 12.3. The molecule has 1 saturated heterocycles. The molecule has 1 aromatic rings. The standard InChI is InChI=1S/C14H19N3O2S/c15-5-1-2-12-3-4-13(20-12)14(19)17-8-6-16(7-9-17)10-11-18/h3-4,18H,5-11,15H2. The fraction of sp³-hybridized carbons (Fsp3) is 0.500. The molecule has 3 N–H and O–H groups in total. The molecule has 5 nitrogen and oxygen atoms in total. The van der Waals surface area contributed by atoms with Crippen molar-refractivity contribution < 1.29 is 9.90 Å². The summed E-state index contributed by atoms with van der Waals surface area (Å²) in [5.74, 6) is 5.80. The normalized spacial score (nSPS) is 15.8. The highest BCUT2D eigenvalue weighted by Crippen LogP contribution is 2.18. The van der Waals surface area contributed by atoms with Crippen molar-refractivity contribution in [1.82, 2.24) is 9.80 Å². The average Bonchev–Trinajstić information content (AvgIpc) is 2.94. The van der Waals surface area contributed by atoms with Crippen molar-refractivity contribution in [3.8, 4) is 11.8 Å². The topological polar surface area (TPSA) is 69.8 Å². The lowest BCUT2D eigenvalue weighted by Crippen LogP contribution is -2.49. The zero-order chi connectivity index (χ0) is 14.4. The van der Waals surface area contributed by atoms with Crippen LogP contribution in [0.2, 0.25) is 0 Å². The molecular weight excluding hydrogens is 274 g/mol. The van der Waals surface area contributed by atoms with Gasteiger partial charge in [0.25, 0.3) is 5.91 Å². The summed E-state index contributed by atoms with van der Waals surface area (Å²) in [7, 11) is 0. The predicted octanol–water partition coefficient (Wildman–Crippen LogP) is -0.192. The van der Waals surface area contributed by atoms with Gasteiger partial charge in [0.15, 0.2) is 0 Å². The van der Waals surface area contributed by atoms with Gasteiger partial charge in [0, 0.05) is 32.7 Å². The van der Waals surface area contributed by atoms with Gasteiger partial charge in [0.2, 0.25) is 0 Å². The minimum atomic E-state index is 0.0689. The smallest absolute Gasteiger partial charge is 0.264 e. The number of carbonyl (C=O) groups is 1. The van der Waals surface area contributed by atoms with Crippen LogP contribution in [0.4, 0.5) is 0 Å². The van der Waals surface area contributed by atoms with E-state index in [1.54, 1.807) is 0 Å². The zero-order valence-corrected chi connectivity index (χ0v) is 12.2. The van der Waals surface area contributed by atoms with E-state index in [-0.39, 0.29) is 12.5 Å². The van der Waals surface area contributed by atoms with Gasteiger partial charge in [-0.1, -0.05) is 11.8 Å². The molecule has 0 unspecified atom stereocenters. The molecule has 0 aliphatic carbocycles. The molecule has 0 radical (unpaired) electrons. The van der Waals surface area contributed by atoms with Crippen LogP contribution in [0.5, 0.6) is 0 Å². The van der Waals surface area contributed by atoms with Gasteiger partial charge in [-0.2, -0.15) is 0 Å². The molecule has 2 rings (SSSR count). The summed E-state index contributed by atoms with van der Waals surface area (Å²) in [6.45, 7) is 4.23. The minimum absolute atomic E-state index is 0.0689. The molecule has 0 bridgehead atoms. The van der Waals surface area contributed by atoms with E-state index >= 15 is 0 Å². The first-order chi connectivity index (χ1) is 9.74. The van der Waals surface area contributed by atoms with Crippen LogP contribution in [0, 0.1) is 11.8 Å². The van der Waals surface area contributed by atoms with Gasteiger partial charge >= 0.3 is 0 Å². The number of rotatable bonds is 3. The lowest BCUT2D eigenvalue weighted by molar-refractivity contribution is 0.0619. The highest BCUT2D eigenvalue weighted by atomic mass is 32.1. The fourth-order valence-corrected chi connectivity index (χ4v) is 2.98. The Balaban J connectivity index is 1.93. The highest BCUT2D eigenvalue weighted by Gasteiger charge is 2.22. The molecule has 0 saturated carbocycles. The second-order valence-corrected chi connectivity index (χ2v) is 5.61. The van der Waals surface area contributed by atoms with Crippen molar-refractivity contribution in [3.05, 3.63) is 21.9 Å². The Morgan fingerprint density at radius 2 is 2.10 bits per heavy atom. The van der Waals surface area contributed by atoms with E-state index in [9.17, 15) is 4.79 Å². The molecule has 20 heavy (non-hydrogen) atoms. The lowest BCUT2D eigenvalue weighted by atomic mass is 10.3. The molecule has 1 fully saturated rings. The van der Waals surface area contributed by atoms with Gasteiger partial charge in [-0.25, -0.2) is 0 Å². The molecule has 108 valence electrons. The second-order valence-electron chi connectivity index (χ2n) is 4.53. The summed E-state index contributed by atoms with van der Waals surface area (Å²) < 4.78 is 0. The third-order valence-corrected chi connectivity index (χ3v) is 4.19. The van der Waals surface area contributed by atoms with Gasteiger partial charge in [-0.15, -0.1) is 11.3 Å². The first-order valence-electron chi connectivity index (χ1n) is 6.66. The molecule has 0 aromatic carbocycles. The van der Waals surface area contributed by atoms with Crippen molar-refractivity contribution >= 4 is 17.2 Å². The number of carbonyl (C=O) groups excluding carboxylic acids is 1. The largest absolute Gasteiger partial charge is 0.395 e. The average molecular weight is 293 g/mol.